The van der Waals surface area contributed by atoms with Crippen LogP contribution in [0.15, 0.2) is 4.52 Å². The molecule has 1 atom stereocenters. The number of hydrogen-bond donors (Lipinski definition) is 1. The van der Waals surface area contributed by atoms with Gasteiger partial charge in [0.05, 0.1) is 6.54 Å². The second kappa shape index (κ2) is 5.78. The summed E-state index contributed by atoms with van der Waals surface area (Å²) in [5.74, 6) is 1.01. The van der Waals surface area contributed by atoms with Gasteiger partial charge in [0.25, 0.3) is 0 Å². The Kier molecular flexibility index (Phi) is 4.27. The monoisotopic (exact) mass is 282 g/mol. The van der Waals surface area contributed by atoms with E-state index in [9.17, 15) is 4.79 Å². The van der Waals surface area contributed by atoms with Crippen molar-refractivity contribution in [2.24, 2.45) is 5.73 Å². The standard InChI is InChI=1S/C13H22N4O3/c1-13(2,3)19-12(18)17-6-4-5-9(17)7-11-15-10(8-14)16-20-11/h9H,4-8,14H2,1-3H3/t9-/m0/s1. The smallest absolute Gasteiger partial charge is 0.410 e. The van der Waals surface area contributed by atoms with Gasteiger partial charge >= 0.3 is 6.09 Å². The third-order valence-corrected chi connectivity index (χ3v) is 3.11. The second-order valence-corrected chi connectivity index (χ2v) is 5.98. The van der Waals surface area contributed by atoms with E-state index in [2.05, 4.69) is 10.1 Å². The van der Waals surface area contributed by atoms with Crippen LogP contribution in [0, 0.1) is 0 Å². The van der Waals surface area contributed by atoms with E-state index in [1.165, 1.54) is 0 Å². The van der Waals surface area contributed by atoms with E-state index in [1.807, 2.05) is 20.8 Å². The summed E-state index contributed by atoms with van der Waals surface area (Å²) >= 11 is 0. The molecule has 7 heteroatoms. The molecule has 112 valence electrons. The molecule has 0 aromatic carbocycles. The molecule has 2 heterocycles. The van der Waals surface area contributed by atoms with Crippen molar-refractivity contribution in [1.82, 2.24) is 15.0 Å². The summed E-state index contributed by atoms with van der Waals surface area (Å²) in [4.78, 5) is 18.1. The van der Waals surface area contributed by atoms with Crippen LogP contribution in [0.4, 0.5) is 4.79 Å². The Balaban J connectivity index is 1.98. The highest BCUT2D eigenvalue weighted by Gasteiger charge is 2.33. The van der Waals surface area contributed by atoms with Gasteiger partial charge in [0.1, 0.15) is 5.60 Å². The number of likely N-dealkylation sites (tertiary alicyclic amines) is 1. The first kappa shape index (κ1) is 14.8. The van der Waals surface area contributed by atoms with E-state index in [-0.39, 0.29) is 18.7 Å². The number of hydrogen-bond acceptors (Lipinski definition) is 6. The van der Waals surface area contributed by atoms with Crippen LogP contribution in [-0.4, -0.2) is 39.3 Å². The fraction of sp³-hybridized carbons (Fsp3) is 0.769. The number of ether oxygens (including phenoxy) is 1. The first-order valence-electron chi connectivity index (χ1n) is 6.90. The average Bonchev–Trinajstić information content (AvgIpc) is 2.96. The molecule has 2 N–H and O–H groups in total. The van der Waals surface area contributed by atoms with Gasteiger partial charge < -0.3 is 19.9 Å². The number of carbonyl (C=O) groups excluding carboxylic acids is 1. The quantitative estimate of drug-likeness (QED) is 0.902. The maximum atomic E-state index is 12.1. The van der Waals surface area contributed by atoms with Gasteiger partial charge in [-0.05, 0) is 33.6 Å². The summed E-state index contributed by atoms with van der Waals surface area (Å²) in [6.45, 7) is 6.55. The van der Waals surface area contributed by atoms with Gasteiger partial charge in [-0.1, -0.05) is 5.16 Å². The minimum atomic E-state index is -0.485. The molecular formula is C13H22N4O3. The predicted octanol–water partition coefficient (Wildman–Crippen LogP) is 1.47. The van der Waals surface area contributed by atoms with Crippen molar-refractivity contribution >= 4 is 6.09 Å². The van der Waals surface area contributed by atoms with E-state index >= 15 is 0 Å². The van der Waals surface area contributed by atoms with Crippen molar-refractivity contribution in [1.29, 1.82) is 0 Å². The van der Waals surface area contributed by atoms with Gasteiger partial charge in [0.2, 0.25) is 5.89 Å². The van der Waals surface area contributed by atoms with Crippen LogP contribution >= 0.6 is 0 Å². The second-order valence-electron chi connectivity index (χ2n) is 5.98. The lowest BCUT2D eigenvalue weighted by Crippen LogP contribution is -2.40. The highest BCUT2D eigenvalue weighted by atomic mass is 16.6. The number of rotatable bonds is 3. The molecule has 1 aliphatic rings. The summed E-state index contributed by atoms with van der Waals surface area (Å²) < 4.78 is 10.5. The minimum Gasteiger partial charge on any atom is -0.444 e. The maximum absolute atomic E-state index is 12.1. The zero-order valence-corrected chi connectivity index (χ0v) is 12.3. The zero-order chi connectivity index (χ0) is 14.8. The Labute approximate surface area is 118 Å². The van der Waals surface area contributed by atoms with Crippen LogP contribution in [0.2, 0.25) is 0 Å². The predicted molar refractivity (Wildman–Crippen MR) is 71.9 cm³/mol. The summed E-state index contributed by atoms with van der Waals surface area (Å²) in [5, 5.41) is 3.76. The summed E-state index contributed by atoms with van der Waals surface area (Å²) in [5.41, 5.74) is 4.96. The van der Waals surface area contributed by atoms with E-state index < -0.39 is 5.60 Å². The first-order chi connectivity index (χ1) is 9.39. The highest BCUT2D eigenvalue weighted by Crippen LogP contribution is 2.23. The highest BCUT2D eigenvalue weighted by molar-refractivity contribution is 5.69. The lowest BCUT2D eigenvalue weighted by Gasteiger charge is -2.28. The summed E-state index contributed by atoms with van der Waals surface area (Å²) in [6, 6.07) is 0.0518. The lowest BCUT2D eigenvalue weighted by molar-refractivity contribution is 0.0222. The molecular weight excluding hydrogens is 260 g/mol. The van der Waals surface area contributed by atoms with Crippen molar-refractivity contribution in [3.05, 3.63) is 11.7 Å². The van der Waals surface area contributed by atoms with Gasteiger partial charge in [-0.2, -0.15) is 4.98 Å². The number of carbonyl (C=O) groups is 1. The molecule has 7 nitrogen and oxygen atoms in total. The van der Waals surface area contributed by atoms with Crippen LogP contribution in [-0.2, 0) is 17.7 Å². The molecule has 0 spiro atoms. The Morgan fingerprint density at radius 2 is 2.30 bits per heavy atom. The molecule has 0 bridgehead atoms. The van der Waals surface area contributed by atoms with Crippen molar-refractivity contribution in [3.63, 3.8) is 0 Å². The molecule has 0 radical (unpaired) electrons. The fourth-order valence-corrected chi connectivity index (χ4v) is 2.27. The number of amides is 1. The summed E-state index contributed by atoms with van der Waals surface area (Å²) in [6.07, 6.45) is 2.15. The Morgan fingerprint density at radius 1 is 1.55 bits per heavy atom. The molecule has 1 amide bonds. The molecule has 0 unspecified atom stereocenters. The maximum Gasteiger partial charge on any atom is 0.410 e. The minimum absolute atomic E-state index is 0.0518. The van der Waals surface area contributed by atoms with Gasteiger partial charge in [0, 0.05) is 19.0 Å². The van der Waals surface area contributed by atoms with E-state index in [0.717, 1.165) is 12.8 Å². The normalized spacial score (nSPS) is 19.4. The average molecular weight is 282 g/mol. The molecule has 0 aliphatic carbocycles. The first-order valence-corrected chi connectivity index (χ1v) is 6.90. The van der Waals surface area contributed by atoms with Gasteiger partial charge in [0.15, 0.2) is 5.82 Å². The number of nitrogens with zero attached hydrogens (tertiary/aromatic N) is 3. The van der Waals surface area contributed by atoms with E-state index in [4.69, 9.17) is 15.0 Å². The zero-order valence-electron chi connectivity index (χ0n) is 12.3. The van der Waals surface area contributed by atoms with Crippen LogP contribution in [0.5, 0.6) is 0 Å². The molecule has 1 fully saturated rings. The molecule has 20 heavy (non-hydrogen) atoms. The Bertz CT molecular complexity index is 466. The van der Waals surface area contributed by atoms with E-state index in [1.54, 1.807) is 4.90 Å². The lowest BCUT2D eigenvalue weighted by atomic mass is 10.1. The molecule has 2 rings (SSSR count). The Morgan fingerprint density at radius 3 is 2.90 bits per heavy atom. The van der Waals surface area contributed by atoms with Crippen molar-refractivity contribution < 1.29 is 14.1 Å². The fourth-order valence-electron chi connectivity index (χ4n) is 2.27. The Hall–Kier alpha value is -1.63. The largest absolute Gasteiger partial charge is 0.444 e. The van der Waals surface area contributed by atoms with Crippen molar-refractivity contribution in [2.45, 2.75) is 58.2 Å². The summed E-state index contributed by atoms with van der Waals surface area (Å²) in [7, 11) is 0. The third-order valence-electron chi connectivity index (χ3n) is 3.11. The molecule has 1 aliphatic heterocycles. The molecule has 0 saturated carbocycles. The van der Waals surface area contributed by atoms with Gasteiger partial charge in [-0.15, -0.1) is 0 Å². The van der Waals surface area contributed by atoms with Crippen molar-refractivity contribution in [3.8, 4) is 0 Å². The van der Waals surface area contributed by atoms with Crippen LogP contribution in [0.3, 0.4) is 0 Å². The van der Waals surface area contributed by atoms with Gasteiger partial charge in [-0.25, -0.2) is 4.79 Å². The SMILES string of the molecule is CC(C)(C)OC(=O)N1CCC[C@H]1Cc1nc(CN)no1. The van der Waals surface area contributed by atoms with Crippen LogP contribution < -0.4 is 5.73 Å². The van der Waals surface area contributed by atoms with Crippen molar-refractivity contribution in [2.75, 3.05) is 6.54 Å². The number of aromatic nitrogens is 2. The third kappa shape index (κ3) is 3.69. The van der Waals surface area contributed by atoms with Crippen LogP contribution in [0.1, 0.15) is 45.3 Å². The molecule has 1 saturated heterocycles. The molecule has 1 aromatic heterocycles. The topological polar surface area (TPSA) is 94.5 Å². The molecule has 1 aromatic rings. The van der Waals surface area contributed by atoms with Crippen LogP contribution in [0.25, 0.3) is 0 Å². The number of nitrogens with two attached hydrogens (primary N) is 1. The van der Waals surface area contributed by atoms with Gasteiger partial charge in [-0.3, -0.25) is 0 Å². The van der Waals surface area contributed by atoms with E-state index in [0.29, 0.717) is 24.7 Å².